The summed E-state index contributed by atoms with van der Waals surface area (Å²) in [6.45, 7) is 6.55. The van der Waals surface area contributed by atoms with Crippen LogP contribution in [0.2, 0.25) is 13.3 Å². The van der Waals surface area contributed by atoms with Gasteiger partial charge in [-0.3, -0.25) is 0 Å². The molecule has 0 saturated heterocycles. The Morgan fingerprint density at radius 3 is 1.83 bits per heavy atom. The Hall–Kier alpha value is -0.651. The van der Waals surface area contributed by atoms with Crippen molar-refractivity contribution in [3.63, 3.8) is 0 Å². The van der Waals surface area contributed by atoms with Gasteiger partial charge in [0.15, 0.2) is 0 Å². The first-order valence-corrected chi connectivity index (χ1v) is 16.4. The average Bonchev–Trinajstić information content (AvgIpc) is 2.54. The van der Waals surface area contributed by atoms with E-state index in [1.54, 1.807) is 12.1 Å². The van der Waals surface area contributed by atoms with E-state index in [-0.39, 0.29) is 5.69 Å². The number of unbranched alkanes of at least 4 members (excludes halogenated alkanes) is 3. The number of hydrogen-bond donors (Lipinski definition) is 0. The second-order valence-electron chi connectivity index (χ2n) is 6.55. The number of hydrogen-bond acceptors (Lipinski definition) is 2. The Labute approximate surface area is 143 Å². The van der Waals surface area contributed by atoms with Crippen molar-refractivity contribution >= 4 is 27.6 Å². The topological polar surface area (TPSA) is 43.1 Å². The molecule has 0 unspecified atom stereocenters. The Balaban J connectivity index is 3.30. The van der Waals surface area contributed by atoms with E-state index in [0.29, 0.717) is 0 Å². The number of benzene rings is 1. The normalized spacial score (nSPS) is 11.7. The molecule has 0 aromatic heterocycles. The first kappa shape index (κ1) is 20.4. The van der Waals surface area contributed by atoms with Crippen LogP contribution >= 0.6 is 0 Å². The summed E-state index contributed by atoms with van der Waals surface area (Å²) in [6, 6.07) is 4.36. The maximum atomic E-state index is 14.0. The number of non-ortho nitro benzene ring substituents is 1. The molecule has 0 aliphatic carbocycles. The monoisotopic (exact) mass is 431 g/mol. The second-order valence-corrected chi connectivity index (χ2v) is 19.8. The fourth-order valence-electron chi connectivity index (χ4n) is 3.34. The number of rotatable bonds is 11. The zero-order chi connectivity index (χ0) is 17.3. The summed E-state index contributed by atoms with van der Waals surface area (Å²) < 4.78 is 18.6. The molecule has 0 fully saturated rings. The van der Waals surface area contributed by atoms with Gasteiger partial charge in [0.2, 0.25) is 0 Å². The molecule has 0 amide bonds. The van der Waals surface area contributed by atoms with Crippen LogP contribution in [-0.2, 0) is 0 Å². The van der Waals surface area contributed by atoms with Gasteiger partial charge in [-0.1, -0.05) is 0 Å². The molecule has 3 nitrogen and oxygen atoms in total. The molecule has 130 valence electrons. The zero-order valence-electron chi connectivity index (χ0n) is 14.7. The van der Waals surface area contributed by atoms with Crippen molar-refractivity contribution in [2.45, 2.75) is 72.6 Å². The molecule has 0 N–H and O–H groups in total. The number of nitro groups is 1. The average molecular weight is 430 g/mol. The van der Waals surface area contributed by atoms with E-state index in [1.165, 1.54) is 13.3 Å². The molecule has 1 aromatic rings. The molecule has 0 aliphatic heterocycles. The molecule has 23 heavy (non-hydrogen) atoms. The van der Waals surface area contributed by atoms with Gasteiger partial charge in [0.05, 0.1) is 0 Å². The summed E-state index contributed by atoms with van der Waals surface area (Å²) in [5.74, 6) is -0.445. The van der Waals surface area contributed by atoms with E-state index >= 15 is 0 Å². The van der Waals surface area contributed by atoms with Crippen molar-refractivity contribution in [2.24, 2.45) is 0 Å². The Bertz CT molecular complexity index is 486. The molecular weight excluding hydrogens is 400 g/mol. The maximum absolute atomic E-state index is 14.0. The van der Waals surface area contributed by atoms with Gasteiger partial charge in [-0.05, 0) is 0 Å². The Kier molecular flexibility index (Phi) is 9.10. The van der Waals surface area contributed by atoms with Crippen LogP contribution in [0.25, 0.3) is 0 Å². The van der Waals surface area contributed by atoms with Crippen molar-refractivity contribution in [1.82, 2.24) is 0 Å². The van der Waals surface area contributed by atoms with Crippen LogP contribution in [0.1, 0.15) is 59.3 Å². The van der Waals surface area contributed by atoms with E-state index in [9.17, 15) is 14.5 Å². The molecule has 0 saturated carbocycles. The predicted octanol–water partition coefficient (Wildman–Crippen LogP) is 5.79. The van der Waals surface area contributed by atoms with Crippen LogP contribution in [0.5, 0.6) is 0 Å². The minimum atomic E-state index is -2.79. The molecular formula is C18H30FNO2Sn. The van der Waals surface area contributed by atoms with Crippen molar-refractivity contribution in [3.05, 3.63) is 34.1 Å². The van der Waals surface area contributed by atoms with E-state index in [0.717, 1.165) is 48.2 Å². The van der Waals surface area contributed by atoms with Crippen LogP contribution in [0, 0.1) is 15.9 Å². The second kappa shape index (κ2) is 10.3. The van der Waals surface area contributed by atoms with Gasteiger partial charge in [-0.25, -0.2) is 0 Å². The van der Waals surface area contributed by atoms with Gasteiger partial charge in [0.25, 0.3) is 0 Å². The van der Waals surface area contributed by atoms with E-state index < -0.39 is 29.1 Å². The Morgan fingerprint density at radius 1 is 0.957 bits per heavy atom. The van der Waals surface area contributed by atoms with Gasteiger partial charge in [-0.2, -0.15) is 0 Å². The van der Waals surface area contributed by atoms with Gasteiger partial charge >= 0.3 is 144 Å². The summed E-state index contributed by atoms with van der Waals surface area (Å²) in [6.07, 6.45) is 6.88. The fourth-order valence-corrected chi connectivity index (χ4v) is 19.3. The number of nitrogens with zero attached hydrogens (tertiary/aromatic N) is 1. The van der Waals surface area contributed by atoms with Crippen LogP contribution in [0.3, 0.4) is 0 Å². The van der Waals surface area contributed by atoms with Crippen LogP contribution in [0.15, 0.2) is 18.2 Å². The quantitative estimate of drug-likeness (QED) is 0.254. The third kappa shape index (κ3) is 6.05. The first-order valence-electron chi connectivity index (χ1n) is 8.94. The zero-order valence-corrected chi connectivity index (χ0v) is 17.6. The summed E-state index contributed by atoms with van der Waals surface area (Å²) in [4.78, 5) is 10.7. The van der Waals surface area contributed by atoms with Crippen LogP contribution in [0.4, 0.5) is 10.1 Å². The standard InChI is InChI=1S/C6H3FNO2.3C4H9.Sn/c7-5-2-1-3-6(4-5)8(9)10;3*1-3-4-2;/h2-4H;3*1,3-4H2,2H3;. The fraction of sp³-hybridized carbons (Fsp3) is 0.667. The number of nitro benzene ring substituents is 1. The summed E-state index contributed by atoms with van der Waals surface area (Å²) in [5.41, 5.74) is -0.0782. The van der Waals surface area contributed by atoms with E-state index in [2.05, 4.69) is 20.8 Å². The van der Waals surface area contributed by atoms with Crippen LogP contribution in [-0.4, -0.2) is 23.3 Å². The van der Waals surface area contributed by atoms with Gasteiger partial charge in [0, 0.05) is 0 Å². The molecule has 0 heterocycles. The summed E-state index contributed by atoms with van der Waals surface area (Å²) >= 11 is -2.79. The third-order valence-electron chi connectivity index (χ3n) is 4.73. The summed E-state index contributed by atoms with van der Waals surface area (Å²) in [7, 11) is 0. The summed E-state index contributed by atoms with van der Waals surface area (Å²) in [5, 5.41) is 11.1. The van der Waals surface area contributed by atoms with Crippen molar-refractivity contribution in [1.29, 1.82) is 0 Å². The number of halogens is 1. The molecule has 0 bridgehead atoms. The minimum absolute atomic E-state index is 0.0782. The predicted molar refractivity (Wildman–Crippen MR) is 97.6 cm³/mol. The third-order valence-corrected chi connectivity index (χ3v) is 20.3. The van der Waals surface area contributed by atoms with Crippen molar-refractivity contribution in [2.75, 3.05) is 0 Å². The van der Waals surface area contributed by atoms with Crippen molar-refractivity contribution < 1.29 is 9.31 Å². The van der Waals surface area contributed by atoms with E-state index in [1.807, 2.05) is 0 Å². The molecule has 0 atom stereocenters. The van der Waals surface area contributed by atoms with Gasteiger partial charge in [-0.15, -0.1) is 0 Å². The van der Waals surface area contributed by atoms with Crippen LogP contribution < -0.4 is 3.58 Å². The van der Waals surface area contributed by atoms with Gasteiger partial charge < -0.3 is 0 Å². The molecule has 0 radical (unpaired) electrons. The molecule has 1 rings (SSSR count). The van der Waals surface area contributed by atoms with E-state index in [4.69, 9.17) is 0 Å². The van der Waals surface area contributed by atoms with Crippen molar-refractivity contribution in [3.8, 4) is 0 Å². The molecule has 0 spiro atoms. The Morgan fingerprint density at radius 2 is 1.43 bits per heavy atom. The first-order chi connectivity index (χ1) is 11.0. The molecule has 5 heteroatoms. The molecule has 1 aromatic carbocycles. The molecule has 0 aliphatic rings. The SMILES string of the molecule is CCC[CH2][Sn]([CH2]CCC)([CH2]CCC)[c]1cc(F)cc([N+](=O)[O-])c1. The van der Waals surface area contributed by atoms with Gasteiger partial charge in [0.1, 0.15) is 0 Å².